The number of nitrogens with zero attached hydrogens (tertiary/aromatic N) is 2. The lowest BCUT2D eigenvalue weighted by Gasteiger charge is -2.26. The lowest BCUT2D eigenvalue weighted by atomic mass is 10.1. The zero-order valence-electron chi connectivity index (χ0n) is 11.9. The maximum absolute atomic E-state index is 5.36. The Kier molecular flexibility index (Phi) is 4.14. The fraction of sp³-hybridized carbons (Fsp3) is 0.438. The SMILES string of the molecule is Cc1cccc2c(NCCN3CCOCC3)ccnc12. The van der Waals surface area contributed by atoms with Crippen molar-refractivity contribution in [2.45, 2.75) is 6.92 Å². The van der Waals surface area contributed by atoms with Gasteiger partial charge < -0.3 is 10.1 Å². The molecule has 0 unspecified atom stereocenters. The smallest absolute Gasteiger partial charge is 0.0751 e. The number of aromatic nitrogens is 1. The highest BCUT2D eigenvalue weighted by molar-refractivity contribution is 5.92. The van der Waals surface area contributed by atoms with E-state index in [0.29, 0.717) is 0 Å². The van der Waals surface area contributed by atoms with Gasteiger partial charge in [-0.1, -0.05) is 18.2 Å². The van der Waals surface area contributed by atoms with Crippen molar-refractivity contribution in [2.75, 3.05) is 44.7 Å². The van der Waals surface area contributed by atoms with Crippen LogP contribution in [0.1, 0.15) is 5.56 Å². The summed E-state index contributed by atoms with van der Waals surface area (Å²) in [6, 6.07) is 8.38. The van der Waals surface area contributed by atoms with E-state index >= 15 is 0 Å². The molecule has 1 aromatic carbocycles. The minimum atomic E-state index is 0.859. The Morgan fingerprint density at radius 3 is 2.95 bits per heavy atom. The highest BCUT2D eigenvalue weighted by Crippen LogP contribution is 2.23. The van der Waals surface area contributed by atoms with Crippen molar-refractivity contribution in [3.05, 3.63) is 36.0 Å². The van der Waals surface area contributed by atoms with Crippen LogP contribution in [-0.4, -0.2) is 49.3 Å². The van der Waals surface area contributed by atoms with E-state index in [0.717, 1.165) is 44.9 Å². The van der Waals surface area contributed by atoms with Crippen LogP contribution in [-0.2, 0) is 4.74 Å². The van der Waals surface area contributed by atoms with Gasteiger partial charge in [0.15, 0.2) is 0 Å². The van der Waals surface area contributed by atoms with Crippen molar-refractivity contribution in [1.82, 2.24) is 9.88 Å². The Hall–Kier alpha value is -1.65. The summed E-state index contributed by atoms with van der Waals surface area (Å²) in [4.78, 5) is 6.91. The van der Waals surface area contributed by atoms with Gasteiger partial charge in [0.25, 0.3) is 0 Å². The third-order valence-electron chi connectivity index (χ3n) is 3.82. The molecule has 1 N–H and O–H groups in total. The molecular formula is C16H21N3O. The molecule has 0 saturated carbocycles. The summed E-state index contributed by atoms with van der Waals surface area (Å²) in [5, 5.41) is 4.74. The van der Waals surface area contributed by atoms with Gasteiger partial charge in [0.05, 0.1) is 18.7 Å². The van der Waals surface area contributed by atoms with Crippen molar-refractivity contribution >= 4 is 16.6 Å². The number of hydrogen-bond donors (Lipinski definition) is 1. The number of nitrogens with one attached hydrogen (secondary N) is 1. The van der Waals surface area contributed by atoms with Crippen LogP contribution in [0.3, 0.4) is 0 Å². The number of fused-ring (bicyclic) bond motifs is 1. The molecule has 106 valence electrons. The summed E-state index contributed by atoms with van der Waals surface area (Å²) in [7, 11) is 0. The largest absolute Gasteiger partial charge is 0.383 e. The summed E-state index contributed by atoms with van der Waals surface area (Å²) in [6.07, 6.45) is 1.88. The maximum atomic E-state index is 5.36. The molecule has 0 spiro atoms. The molecule has 2 aromatic rings. The molecule has 2 heterocycles. The van der Waals surface area contributed by atoms with Gasteiger partial charge in [-0.05, 0) is 18.6 Å². The van der Waals surface area contributed by atoms with Gasteiger partial charge in [-0.25, -0.2) is 0 Å². The van der Waals surface area contributed by atoms with Crippen LogP contribution in [0, 0.1) is 6.92 Å². The second-order valence-corrected chi connectivity index (χ2v) is 5.21. The van der Waals surface area contributed by atoms with Crippen LogP contribution >= 0.6 is 0 Å². The van der Waals surface area contributed by atoms with Crippen molar-refractivity contribution in [3.8, 4) is 0 Å². The van der Waals surface area contributed by atoms with Crippen LogP contribution in [0.25, 0.3) is 10.9 Å². The van der Waals surface area contributed by atoms with E-state index in [1.54, 1.807) is 0 Å². The van der Waals surface area contributed by atoms with Crippen molar-refractivity contribution < 1.29 is 4.74 Å². The average molecular weight is 271 g/mol. The number of hydrogen-bond acceptors (Lipinski definition) is 4. The molecule has 3 rings (SSSR count). The normalized spacial score (nSPS) is 16.4. The maximum Gasteiger partial charge on any atom is 0.0751 e. The molecule has 1 fully saturated rings. The van der Waals surface area contributed by atoms with Crippen LogP contribution < -0.4 is 5.32 Å². The summed E-state index contributed by atoms with van der Waals surface area (Å²) in [6.45, 7) is 7.91. The van der Waals surface area contributed by atoms with Gasteiger partial charge >= 0.3 is 0 Å². The summed E-state index contributed by atoms with van der Waals surface area (Å²) in [5.41, 5.74) is 3.48. The fourth-order valence-electron chi connectivity index (χ4n) is 2.65. The van der Waals surface area contributed by atoms with Gasteiger partial charge in [0.1, 0.15) is 0 Å². The van der Waals surface area contributed by atoms with Crippen LogP contribution in [0.15, 0.2) is 30.5 Å². The molecule has 0 atom stereocenters. The first-order chi connectivity index (χ1) is 9.84. The molecule has 1 aliphatic rings. The minimum Gasteiger partial charge on any atom is -0.383 e. The quantitative estimate of drug-likeness (QED) is 0.926. The van der Waals surface area contributed by atoms with E-state index in [1.165, 1.54) is 16.6 Å². The number of morpholine rings is 1. The average Bonchev–Trinajstić information content (AvgIpc) is 2.49. The lowest BCUT2D eigenvalue weighted by molar-refractivity contribution is 0.0398. The molecule has 0 aliphatic carbocycles. The molecular weight excluding hydrogens is 250 g/mol. The van der Waals surface area contributed by atoms with Crippen molar-refractivity contribution in [3.63, 3.8) is 0 Å². The molecule has 0 amide bonds. The first-order valence-corrected chi connectivity index (χ1v) is 7.23. The van der Waals surface area contributed by atoms with E-state index < -0.39 is 0 Å². The number of pyridine rings is 1. The zero-order chi connectivity index (χ0) is 13.8. The number of ether oxygens (including phenoxy) is 1. The Bertz CT molecular complexity index is 579. The van der Waals surface area contributed by atoms with Crippen LogP contribution in [0.5, 0.6) is 0 Å². The zero-order valence-corrected chi connectivity index (χ0v) is 11.9. The third kappa shape index (κ3) is 2.92. The first-order valence-electron chi connectivity index (χ1n) is 7.23. The highest BCUT2D eigenvalue weighted by Gasteiger charge is 2.09. The molecule has 4 heteroatoms. The number of aryl methyl sites for hydroxylation is 1. The van der Waals surface area contributed by atoms with Gasteiger partial charge in [0, 0.05) is 43.4 Å². The van der Waals surface area contributed by atoms with Crippen LogP contribution in [0.4, 0.5) is 5.69 Å². The number of rotatable bonds is 4. The van der Waals surface area contributed by atoms with Gasteiger partial charge in [-0.15, -0.1) is 0 Å². The molecule has 0 radical (unpaired) electrons. The Labute approximate surface area is 119 Å². The van der Waals surface area contributed by atoms with Gasteiger partial charge in [-0.3, -0.25) is 9.88 Å². The van der Waals surface area contributed by atoms with Gasteiger partial charge in [-0.2, -0.15) is 0 Å². The molecule has 1 saturated heterocycles. The Morgan fingerprint density at radius 2 is 2.10 bits per heavy atom. The fourth-order valence-corrected chi connectivity index (χ4v) is 2.65. The van der Waals surface area contributed by atoms with E-state index in [9.17, 15) is 0 Å². The second kappa shape index (κ2) is 6.20. The van der Waals surface area contributed by atoms with Crippen molar-refractivity contribution in [1.29, 1.82) is 0 Å². The van der Waals surface area contributed by atoms with E-state index in [4.69, 9.17) is 4.74 Å². The molecule has 1 aromatic heterocycles. The van der Waals surface area contributed by atoms with E-state index in [2.05, 4.69) is 46.4 Å². The predicted octanol–water partition coefficient (Wildman–Crippen LogP) is 2.29. The molecule has 20 heavy (non-hydrogen) atoms. The third-order valence-corrected chi connectivity index (χ3v) is 3.82. The van der Waals surface area contributed by atoms with Crippen LogP contribution in [0.2, 0.25) is 0 Å². The van der Waals surface area contributed by atoms with Gasteiger partial charge in [0.2, 0.25) is 0 Å². The molecule has 0 bridgehead atoms. The number of anilines is 1. The highest BCUT2D eigenvalue weighted by atomic mass is 16.5. The topological polar surface area (TPSA) is 37.4 Å². The standard InChI is InChI=1S/C16H21N3O/c1-13-3-2-4-14-15(5-6-18-16(13)14)17-7-8-19-9-11-20-12-10-19/h2-6H,7-12H2,1H3,(H,17,18). The molecule has 1 aliphatic heterocycles. The summed E-state index contributed by atoms with van der Waals surface area (Å²) in [5.74, 6) is 0. The number of para-hydroxylation sites is 1. The minimum absolute atomic E-state index is 0.859. The second-order valence-electron chi connectivity index (χ2n) is 5.21. The Balaban J connectivity index is 1.66. The number of benzene rings is 1. The van der Waals surface area contributed by atoms with Crippen molar-refractivity contribution in [2.24, 2.45) is 0 Å². The first kappa shape index (κ1) is 13.3. The molecule has 4 nitrogen and oxygen atoms in total. The van der Waals surface area contributed by atoms with E-state index in [-0.39, 0.29) is 0 Å². The predicted molar refractivity (Wildman–Crippen MR) is 82.2 cm³/mol. The lowest BCUT2D eigenvalue weighted by Crippen LogP contribution is -2.39. The Morgan fingerprint density at radius 1 is 1.25 bits per heavy atom. The van der Waals surface area contributed by atoms with E-state index in [1.807, 2.05) is 6.20 Å². The monoisotopic (exact) mass is 271 g/mol. The summed E-state index contributed by atoms with van der Waals surface area (Å²) >= 11 is 0. The summed E-state index contributed by atoms with van der Waals surface area (Å²) < 4.78 is 5.36.